The average Bonchev–Trinajstić information content (AvgIpc) is 3.00. The molecule has 0 aromatic rings. The number of amides is 2. The largest absolute Gasteiger partial charge is 0.480 e. The lowest BCUT2D eigenvalue weighted by molar-refractivity contribution is -0.150. The van der Waals surface area contributed by atoms with Crippen LogP contribution in [0.3, 0.4) is 0 Å². The highest BCUT2D eigenvalue weighted by Gasteiger charge is 2.19. The number of carbonyl (C=O) groups is 4. The molecule has 258 valence electrons. The molecule has 9 nitrogen and oxygen atoms in total. The lowest BCUT2D eigenvalue weighted by Gasteiger charge is -2.18. The van der Waals surface area contributed by atoms with Gasteiger partial charge in [0.2, 0.25) is 11.8 Å². The van der Waals surface area contributed by atoms with Gasteiger partial charge in [0.15, 0.2) is 0 Å². The van der Waals surface area contributed by atoms with Crippen LogP contribution in [0.1, 0.15) is 174 Å². The zero-order chi connectivity index (χ0) is 32.7. The summed E-state index contributed by atoms with van der Waals surface area (Å²) in [4.78, 5) is 47.2. The molecule has 0 heterocycles. The van der Waals surface area contributed by atoms with Gasteiger partial charge < -0.3 is 25.6 Å². The maximum atomic E-state index is 12.5. The molecular weight excluding hydrogens is 560 g/mol. The van der Waals surface area contributed by atoms with Crippen LogP contribution in [0.5, 0.6) is 0 Å². The normalized spacial score (nSPS) is 12.4. The van der Waals surface area contributed by atoms with E-state index in [1.54, 1.807) is 0 Å². The number of rotatable bonds is 32. The molecule has 0 aliphatic rings. The fourth-order valence-electron chi connectivity index (χ4n) is 5.30. The third-order valence-electron chi connectivity index (χ3n) is 8.10. The molecule has 0 saturated heterocycles. The second kappa shape index (κ2) is 30.8. The fraction of sp³-hybridized carbons (Fsp3) is 0.886. The second-order valence-corrected chi connectivity index (χ2v) is 12.3. The molecule has 0 spiro atoms. The molecule has 0 aromatic carbocycles. The Morgan fingerprint density at radius 2 is 1.02 bits per heavy atom. The van der Waals surface area contributed by atoms with E-state index < -0.39 is 24.5 Å². The summed E-state index contributed by atoms with van der Waals surface area (Å²) in [5, 5.41) is 22.4. The van der Waals surface area contributed by atoms with Crippen LogP contribution in [0.25, 0.3) is 0 Å². The summed E-state index contributed by atoms with van der Waals surface area (Å²) in [6.07, 6.45) is 27.2. The third kappa shape index (κ3) is 27.4. The van der Waals surface area contributed by atoms with Crippen molar-refractivity contribution in [2.45, 2.75) is 187 Å². The Labute approximate surface area is 268 Å². The summed E-state index contributed by atoms with van der Waals surface area (Å²) < 4.78 is 5.87. The monoisotopic (exact) mass is 626 g/mol. The van der Waals surface area contributed by atoms with Crippen LogP contribution in [0, 0.1) is 0 Å². The topological polar surface area (TPSA) is 142 Å². The molecule has 0 rings (SSSR count). The Balaban J connectivity index is 4.04. The zero-order valence-corrected chi connectivity index (χ0v) is 28.2. The second-order valence-electron chi connectivity index (χ2n) is 12.3. The quantitative estimate of drug-likeness (QED) is 0.0451. The minimum absolute atomic E-state index is 0.0720. The van der Waals surface area contributed by atoms with E-state index in [2.05, 4.69) is 24.5 Å². The van der Waals surface area contributed by atoms with Gasteiger partial charge in [0.1, 0.15) is 12.1 Å². The van der Waals surface area contributed by atoms with Gasteiger partial charge in [-0.25, -0.2) is 4.79 Å². The summed E-state index contributed by atoms with van der Waals surface area (Å²) >= 11 is 0. The minimum atomic E-state index is -1.39. The first kappa shape index (κ1) is 41.8. The minimum Gasteiger partial charge on any atom is -0.480 e. The van der Waals surface area contributed by atoms with E-state index in [1.165, 1.54) is 83.5 Å². The molecule has 0 aliphatic carbocycles. The molecule has 0 radical (unpaired) electrons. The smallest absolute Gasteiger partial charge is 0.328 e. The lowest BCUT2D eigenvalue weighted by atomic mass is 10.0. The molecule has 0 aliphatic heterocycles. The van der Waals surface area contributed by atoms with Crippen LogP contribution in [0.2, 0.25) is 0 Å². The first-order valence-electron chi connectivity index (χ1n) is 17.9. The molecule has 0 aromatic heterocycles. The number of aliphatic hydroxyl groups excluding tert-OH is 1. The van der Waals surface area contributed by atoms with Crippen molar-refractivity contribution in [3.8, 4) is 0 Å². The summed E-state index contributed by atoms with van der Waals surface area (Å²) in [6.45, 7) is 3.39. The van der Waals surface area contributed by atoms with E-state index in [4.69, 9.17) is 14.9 Å². The molecule has 0 fully saturated rings. The van der Waals surface area contributed by atoms with Gasteiger partial charge in [-0.05, 0) is 38.5 Å². The average molecular weight is 627 g/mol. The Kier molecular flexibility index (Phi) is 29.3. The standard InChI is InChI=1S/C35H66N2O7/c1-3-5-7-9-10-11-12-13-14-15-16-17-18-23-27-34(41)44-30(24-20-8-6-4-2)25-21-19-22-26-32(39)36-28-33(40)37-31(29-38)35(42)43/h30-31,38H,3-29H2,1-2H3,(H,36,39)(H,37,40)(H,42,43). The number of unbranched alkanes of at least 4 members (excludes halogenated alkanes) is 18. The van der Waals surface area contributed by atoms with Gasteiger partial charge in [-0.1, -0.05) is 123 Å². The highest BCUT2D eigenvalue weighted by atomic mass is 16.5. The highest BCUT2D eigenvalue weighted by molar-refractivity contribution is 5.87. The highest BCUT2D eigenvalue weighted by Crippen LogP contribution is 2.18. The Morgan fingerprint density at radius 3 is 1.50 bits per heavy atom. The number of hydrogen-bond donors (Lipinski definition) is 4. The first-order valence-corrected chi connectivity index (χ1v) is 17.9. The van der Waals surface area contributed by atoms with Crippen LogP contribution in [-0.4, -0.2) is 59.3 Å². The van der Waals surface area contributed by atoms with Gasteiger partial charge in [0, 0.05) is 12.8 Å². The van der Waals surface area contributed by atoms with Gasteiger partial charge in [-0.15, -0.1) is 0 Å². The number of carbonyl (C=O) groups excluding carboxylic acids is 3. The number of aliphatic hydroxyl groups is 1. The number of carboxylic acid groups (broad SMARTS) is 1. The van der Waals surface area contributed by atoms with Crippen molar-refractivity contribution in [1.29, 1.82) is 0 Å². The van der Waals surface area contributed by atoms with Crippen molar-refractivity contribution < 1.29 is 34.1 Å². The Morgan fingerprint density at radius 1 is 0.591 bits per heavy atom. The Bertz CT molecular complexity index is 732. The molecular formula is C35H66N2O7. The van der Waals surface area contributed by atoms with Crippen LogP contribution in [0.4, 0.5) is 0 Å². The lowest BCUT2D eigenvalue weighted by Crippen LogP contribution is -2.47. The van der Waals surface area contributed by atoms with E-state index in [0.717, 1.165) is 57.8 Å². The Hall–Kier alpha value is -2.16. The van der Waals surface area contributed by atoms with Crippen molar-refractivity contribution in [2.24, 2.45) is 0 Å². The maximum Gasteiger partial charge on any atom is 0.328 e. The van der Waals surface area contributed by atoms with E-state index in [-0.39, 0.29) is 30.9 Å². The maximum absolute atomic E-state index is 12.5. The number of hydrogen-bond acceptors (Lipinski definition) is 6. The molecule has 44 heavy (non-hydrogen) atoms. The molecule has 9 heteroatoms. The molecule has 2 amide bonds. The van der Waals surface area contributed by atoms with E-state index in [9.17, 15) is 19.2 Å². The van der Waals surface area contributed by atoms with Crippen LogP contribution < -0.4 is 10.6 Å². The zero-order valence-electron chi connectivity index (χ0n) is 28.2. The van der Waals surface area contributed by atoms with E-state index in [0.29, 0.717) is 12.8 Å². The van der Waals surface area contributed by atoms with Crippen LogP contribution in [0.15, 0.2) is 0 Å². The molecule has 2 atom stereocenters. The number of esters is 1. The number of nitrogens with one attached hydrogen (secondary N) is 2. The molecule has 0 saturated carbocycles. The van der Waals surface area contributed by atoms with E-state index in [1.807, 2.05) is 0 Å². The summed E-state index contributed by atoms with van der Waals surface area (Å²) in [5.41, 5.74) is 0. The van der Waals surface area contributed by atoms with Crippen molar-refractivity contribution in [2.75, 3.05) is 13.2 Å². The fourth-order valence-corrected chi connectivity index (χ4v) is 5.30. The van der Waals surface area contributed by atoms with Gasteiger partial charge in [-0.2, -0.15) is 0 Å². The number of carboxylic acids is 1. The van der Waals surface area contributed by atoms with Crippen molar-refractivity contribution in [3.05, 3.63) is 0 Å². The van der Waals surface area contributed by atoms with Crippen molar-refractivity contribution >= 4 is 23.8 Å². The predicted molar refractivity (Wildman–Crippen MR) is 176 cm³/mol. The van der Waals surface area contributed by atoms with E-state index >= 15 is 0 Å². The molecule has 4 N–H and O–H groups in total. The third-order valence-corrected chi connectivity index (χ3v) is 8.10. The van der Waals surface area contributed by atoms with Gasteiger partial charge in [-0.3, -0.25) is 14.4 Å². The van der Waals surface area contributed by atoms with Crippen LogP contribution >= 0.6 is 0 Å². The van der Waals surface area contributed by atoms with Gasteiger partial charge in [0.25, 0.3) is 0 Å². The molecule has 2 unspecified atom stereocenters. The van der Waals surface area contributed by atoms with Gasteiger partial charge in [0.05, 0.1) is 13.2 Å². The van der Waals surface area contributed by atoms with Crippen LogP contribution in [-0.2, 0) is 23.9 Å². The van der Waals surface area contributed by atoms with Crippen molar-refractivity contribution in [1.82, 2.24) is 10.6 Å². The SMILES string of the molecule is CCCCCCCCCCCCCCCCC(=O)OC(CCCCCC)CCCCCC(=O)NCC(=O)NC(CO)C(=O)O. The number of ether oxygens (including phenoxy) is 1. The van der Waals surface area contributed by atoms with Gasteiger partial charge >= 0.3 is 11.9 Å². The summed E-state index contributed by atoms with van der Waals surface area (Å²) in [6, 6.07) is -1.39. The number of aliphatic carboxylic acids is 1. The molecule has 0 bridgehead atoms. The predicted octanol–water partition coefficient (Wildman–Crippen LogP) is 7.37. The van der Waals surface area contributed by atoms with Crippen molar-refractivity contribution in [3.63, 3.8) is 0 Å². The first-order chi connectivity index (χ1) is 21.3. The summed E-state index contributed by atoms with van der Waals surface area (Å²) in [7, 11) is 0. The summed E-state index contributed by atoms with van der Waals surface area (Å²) in [5.74, 6) is -2.38.